The van der Waals surface area contributed by atoms with E-state index in [0.29, 0.717) is 5.69 Å². The number of ether oxygens (including phenoxy) is 1. The average molecular weight is 541 g/mol. The van der Waals surface area contributed by atoms with E-state index in [4.69, 9.17) is 4.74 Å². The first-order valence-corrected chi connectivity index (χ1v) is 12.6. The molecular weight excluding hydrogens is 517 g/mol. The number of nitrogens with one attached hydrogen (secondary N) is 3. The molecule has 3 N–H and O–H groups in total. The Morgan fingerprint density at radius 2 is 2.00 bits per heavy atom. The number of aromatic nitrogens is 5. The van der Waals surface area contributed by atoms with Crippen molar-refractivity contribution in [1.82, 2.24) is 25.4 Å². The molecule has 1 amide bonds. The SMILES string of the molecule is COCCCCc1cccc(-c2cc3cn[nH]c3cc2NC(=O)c2csc(-c3cc(C(F)(F)F)[nH]n3)n2)c1. The number of anilines is 1. The molecule has 0 atom stereocenters. The Morgan fingerprint density at radius 3 is 2.79 bits per heavy atom. The van der Waals surface area contributed by atoms with Crippen LogP contribution >= 0.6 is 11.3 Å². The smallest absolute Gasteiger partial charge is 0.385 e. The molecule has 0 unspecified atom stereocenters. The minimum Gasteiger partial charge on any atom is -0.385 e. The maximum Gasteiger partial charge on any atom is 0.432 e. The highest BCUT2D eigenvalue weighted by atomic mass is 32.1. The molecule has 5 rings (SSSR count). The fraction of sp³-hybridized carbons (Fsp3) is 0.231. The summed E-state index contributed by atoms with van der Waals surface area (Å²) in [6.45, 7) is 0.717. The number of carbonyl (C=O) groups is 1. The normalized spacial score (nSPS) is 11.8. The highest BCUT2D eigenvalue weighted by Crippen LogP contribution is 2.34. The second kappa shape index (κ2) is 10.8. The lowest BCUT2D eigenvalue weighted by Gasteiger charge is -2.13. The zero-order valence-corrected chi connectivity index (χ0v) is 21.0. The Labute approximate surface area is 219 Å². The van der Waals surface area contributed by atoms with Crippen LogP contribution in [0.15, 0.2) is 54.0 Å². The number of carbonyl (C=O) groups excluding carboxylic acids is 1. The number of halogens is 3. The molecule has 0 aliphatic rings. The van der Waals surface area contributed by atoms with Crippen LogP contribution in [0, 0.1) is 0 Å². The monoisotopic (exact) mass is 540 g/mol. The van der Waals surface area contributed by atoms with Crippen LogP contribution in [-0.2, 0) is 17.3 Å². The van der Waals surface area contributed by atoms with Gasteiger partial charge in [-0.05, 0) is 48.6 Å². The van der Waals surface area contributed by atoms with Crippen LogP contribution in [0.25, 0.3) is 32.7 Å². The first kappa shape index (κ1) is 25.6. The summed E-state index contributed by atoms with van der Waals surface area (Å²) in [7, 11) is 1.69. The number of thiazole rings is 1. The lowest BCUT2D eigenvalue weighted by atomic mass is 9.98. The van der Waals surface area contributed by atoms with Gasteiger partial charge in [-0.25, -0.2) is 4.98 Å². The molecule has 0 fully saturated rings. The van der Waals surface area contributed by atoms with Crippen molar-refractivity contribution in [2.24, 2.45) is 0 Å². The van der Waals surface area contributed by atoms with Crippen molar-refractivity contribution in [3.05, 3.63) is 71.0 Å². The van der Waals surface area contributed by atoms with E-state index in [1.807, 2.05) is 23.3 Å². The number of H-pyrrole nitrogens is 2. The number of hydrogen-bond donors (Lipinski definition) is 3. The molecule has 2 aromatic carbocycles. The van der Waals surface area contributed by atoms with Crippen LogP contribution < -0.4 is 5.32 Å². The summed E-state index contributed by atoms with van der Waals surface area (Å²) in [5, 5.41) is 18.1. The Bertz CT molecular complexity index is 1570. The molecule has 0 saturated carbocycles. The van der Waals surface area contributed by atoms with Crippen molar-refractivity contribution >= 4 is 33.8 Å². The third kappa shape index (κ3) is 5.60. The molecule has 0 spiro atoms. The molecule has 0 aliphatic carbocycles. The number of aromatic amines is 2. The zero-order chi connectivity index (χ0) is 26.7. The third-order valence-electron chi connectivity index (χ3n) is 5.97. The number of aryl methyl sites for hydroxylation is 1. The highest BCUT2D eigenvalue weighted by molar-refractivity contribution is 7.13. The molecular formula is C26H23F3N6O2S. The van der Waals surface area contributed by atoms with Gasteiger partial charge in [-0.15, -0.1) is 11.3 Å². The topological polar surface area (TPSA) is 109 Å². The molecule has 8 nitrogen and oxygen atoms in total. The van der Waals surface area contributed by atoms with E-state index in [2.05, 4.69) is 37.7 Å². The number of unbranched alkanes of at least 4 members (excludes halogenated alkanes) is 1. The van der Waals surface area contributed by atoms with Crippen LogP contribution in [-0.4, -0.2) is 45.0 Å². The van der Waals surface area contributed by atoms with E-state index in [0.717, 1.165) is 65.3 Å². The van der Waals surface area contributed by atoms with Gasteiger partial charge in [0.05, 0.1) is 17.4 Å². The Morgan fingerprint density at radius 1 is 1.13 bits per heavy atom. The number of methoxy groups -OCH3 is 1. The number of hydrogen-bond acceptors (Lipinski definition) is 6. The van der Waals surface area contributed by atoms with Gasteiger partial charge in [-0.3, -0.25) is 15.0 Å². The fourth-order valence-electron chi connectivity index (χ4n) is 4.06. The van der Waals surface area contributed by atoms with Crippen LogP contribution in [0.2, 0.25) is 0 Å². The van der Waals surface area contributed by atoms with Gasteiger partial charge < -0.3 is 10.1 Å². The van der Waals surface area contributed by atoms with Gasteiger partial charge in [0, 0.05) is 30.0 Å². The summed E-state index contributed by atoms with van der Waals surface area (Å²) in [6.07, 6.45) is 0.0247. The quantitative estimate of drug-likeness (QED) is 0.190. The molecule has 38 heavy (non-hydrogen) atoms. The Kier molecular flexibility index (Phi) is 7.25. The van der Waals surface area contributed by atoms with Gasteiger partial charge in [0.2, 0.25) is 0 Å². The molecule has 0 saturated heterocycles. The van der Waals surface area contributed by atoms with Gasteiger partial charge in [0.15, 0.2) is 0 Å². The van der Waals surface area contributed by atoms with Crippen LogP contribution in [0.5, 0.6) is 0 Å². The van der Waals surface area contributed by atoms with Gasteiger partial charge in [0.25, 0.3) is 5.91 Å². The van der Waals surface area contributed by atoms with Crippen molar-refractivity contribution in [2.75, 3.05) is 19.0 Å². The molecule has 0 aliphatic heterocycles. The van der Waals surface area contributed by atoms with E-state index >= 15 is 0 Å². The van der Waals surface area contributed by atoms with E-state index < -0.39 is 17.8 Å². The number of rotatable bonds is 9. The molecule has 0 radical (unpaired) electrons. The predicted molar refractivity (Wildman–Crippen MR) is 139 cm³/mol. The summed E-state index contributed by atoms with van der Waals surface area (Å²) in [6, 6.07) is 12.8. The summed E-state index contributed by atoms with van der Waals surface area (Å²) >= 11 is 1.04. The number of fused-ring (bicyclic) bond motifs is 1. The third-order valence-corrected chi connectivity index (χ3v) is 6.83. The second-order valence-electron chi connectivity index (χ2n) is 8.66. The molecule has 196 valence electrons. The minimum atomic E-state index is -4.55. The van der Waals surface area contributed by atoms with E-state index in [1.54, 1.807) is 19.4 Å². The highest BCUT2D eigenvalue weighted by Gasteiger charge is 2.33. The molecule has 3 aromatic heterocycles. The Hall–Kier alpha value is -4.03. The van der Waals surface area contributed by atoms with Gasteiger partial charge in [-0.1, -0.05) is 24.3 Å². The number of alkyl halides is 3. The number of amides is 1. The summed E-state index contributed by atoms with van der Waals surface area (Å²) in [5.41, 5.74) is 3.32. The van der Waals surface area contributed by atoms with E-state index in [1.165, 1.54) is 10.9 Å². The van der Waals surface area contributed by atoms with E-state index in [9.17, 15) is 18.0 Å². The second-order valence-corrected chi connectivity index (χ2v) is 9.52. The zero-order valence-electron chi connectivity index (χ0n) is 20.2. The number of nitrogens with zero attached hydrogens (tertiary/aromatic N) is 3. The van der Waals surface area contributed by atoms with Crippen molar-refractivity contribution in [1.29, 1.82) is 0 Å². The predicted octanol–water partition coefficient (Wildman–Crippen LogP) is 6.32. The molecule has 3 heterocycles. The van der Waals surface area contributed by atoms with Crippen molar-refractivity contribution in [3.8, 4) is 21.8 Å². The van der Waals surface area contributed by atoms with Crippen molar-refractivity contribution < 1.29 is 22.7 Å². The van der Waals surface area contributed by atoms with Gasteiger partial charge in [0.1, 0.15) is 22.1 Å². The first-order chi connectivity index (χ1) is 18.3. The van der Waals surface area contributed by atoms with Gasteiger partial charge in [-0.2, -0.15) is 23.4 Å². The first-order valence-electron chi connectivity index (χ1n) is 11.8. The fourth-order valence-corrected chi connectivity index (χ4v) is 4.82. The standard InChI is InChI=1S/C26H23F3N6O2S/c1-37-8-3-2-5-15-6-4-7-16(9-15)18-10-17-13-30-33-19(17)11-20(18)31-24(36)22-14-38-25(32-22)21-12-23(35-34-21)26(27,28)29/h4,6-7,9-14H,2-3,5,8H2,1H3,(H,30,33)(H,31,36)(H,34,35). The molecule has 5 aromatic rings. The summed E-state index contributed by atoms with van der Waals surface area (Å²) in [5.74, 6) is -0.491. The molecule has 12 heteroatoms. The number of benzene rings is 2. The van der Waals surface area contributed by atoms with Crippen LogP contribution in [0.1, 0.15) is 34.6 Å². The summed E-state index contributed by atoms with van der Waals surface area (Å²) < 4.78 is 43.9. The maximum atomic E-state index is 13.1. The van der Waals surface area contributed by atoms with Crippen molar-refractivity contribution in [3.63, 3.8) is 0 Å². The average Bonchev–Trinajstić information content (AvgIpc) is 3.66. The summed E-state index contributed by atoms with van der Waals surface area (Å²) in [4.78, 5) is 17.4. The Balaban J connectivity index is 1.41. The minimum absolute atomic E-state index is 0.0169. The lowest BCUT2D eigenvalue weighted by Crippen LogP contribution is -2.13. The van der Waals surface area contributed by atoms with Crippen molar-refractivity contribution in [2.45, 2.75) is 25.4 Å². The van der Waals surface area contributed by atoms with Crippen LogP contribution in [0.4, 0.5) is 18.9 Å². The lowest BCUT2D eigenvalue weighted by molar-refractivity contribution is -0.141. The largest absolute Gasteiger partial charge is 0.432 e. The maximum absolute atomic E-state index is 13.1. The van der Waals surface area contributed by atoms with Gasteiger partial charge >= 0.3 is 6.18 Å². The van der Waals surface area contributed by atoms with Crippen LogP contribution in [0.3, 0.4) is 0 Å². The molecule has 0 bridgehead atoms. The van der Waals surface area contributed by atoms with E-state index in [-0.39, 0.29) is 16.4 Å².